The predicted molar refractivity (Wildman–Crippen MR) is 57.9 cm³/mol. The number of halogens is 3. The molecule has 0 saturated heterocycles. The van der Waals surface area contributed by atoms with Crippen LogP contribution in [0.25, 0.3) is 0 Å². The summed E-state index contributed by atoms with van der Waals surface area (Å²) >= 11 is 5.84. The topological polar surface area (TPSA) is 9.23 Å². The second-order valence-electron chi connectivity index (χ2n) is 3.11. The van der Waals surface area contributed by atoms with Gasteiger partial charge in [-0.1, -0.05) is 23.7 Å². The van der Waals surface area contributed by atoms with E-state index >= 15 is 0 Å². The molecule has 0 unspecified atom stereocenters. The monoisotopic (exact) mass is 240 g/mol. The molecule has 0 N–H and O–H groups in total. The minimum atomic E-state index is -0.764. The van der Waals surface area contributed by atoms with Crippen LogP contribution in [-0.2, 0) is 0 Å². The van der Waals surface area contributed by atoms with Gasteiger partial charge in [0.1, 0.15) is 11.6 Å². The summed E-state index contributed by atoms with van der Waals surface area (Å²) in [6.45, 7) is 0. The first kappa shape index (κ1) is 10.9. The van der Waals surface area contributed by atoms with Crippen molar-refractivity contribution < 1.29 is 13.5 Å². The molecule has 0 saturated carbocycles. The summed E-state index contributed by atoms with van der Waals surface area (Å²) in [4.78, 5) is 0. The van der Waals surface area contributed by atoms with Crippen molar-refractivity contribution in [3.05, 3.63) is 59.1 Å². The second-order valence-corrected chi connectivity index (χ2v) is 3.51. The Kier molecular flexibility index (Phi) is 3.06. The van der Waals surface area contributed by atoms with Crippen LogP contribution in [0.3, 0.4) is 0 Å². The zero-order valence-corrected chi connectivity index (χ0v) is 8.84. The molecule has 0 radical (unpaired) electrons. The SMILES string of the molecule is Fc1ccc(Oc2ccccc2Cl)c(F)c1. The van der Waals surface area contributed by atoms with Gasteiger partial charge >= 0.3 is 0 Å². The molecule has 2 aromatic carbocycles. The van der Waals surface area contributed by atoms with Gasteiger partial charge in [0, 0.05) is 6.07 Å². The van der Waals surface area contributed by atoms with Gasteiger partial charge in [-0.25, -0.2) is 8.78 Å². The standard InChI is InChI=1S/C12H7ClF2O/c13-9-3-1-2-4-11(9)16-12-6-5-8(14)7-10(12)15/h1-7H. The van der Waals surface area contributed by atoms with Gasteiger partial charge in [-0.15, -0.1) is 0 Å². The van der Waals surface area contributed by atoms with Crippen LogP contribution in [0.5, 0.6) is 11.5 Å². The fourth-order valence-electron chi connectivity index (χ4n) is 1.20. The van der Waals surface area contributed by atoms with E-state index in [1.807, 2.05) is 0 Å². The zero-order valence-electron chi connectivity index (χ0n) is 8.08. The first-order valence-electron chi connectivity index (χ1n) is 4.54. The Hall–Kier alpha value is -1.61. The van der Waals surface area contributed by atoms with E-state index in [1.165, 1.54) is 6.07 Å². The molecule has 0 fully saturated rings. The number of ether oxygens (including phenoxy) is 1. The van der Waals surface area contributed by atoms with Gasteiger partial charge in [0.25, 0.3) is 0 Å². The lowest BCUT2D eigenvalue weighted by atomic mass is 10.3. The molecule has 0 bridgehead atoms. The van der Waals surface area contributed by atoms with Crippen LogP contribution in [0.1, 0.15) is 0 Å². The lowest BCUT2D eigenvalue weighted by molar-refractivity contribution is 0.438. The van der Waals surface area contributed by atoms with Crippen LogP contribution in [0.15, 0.2) is 42.5 Å². The van der Waals surface area contributed by atoms with Gasteiger partial charge in [-0.05, 0) is 24.3 Å². The maximum atomic E-state index is 13.3. The summed E-state index contributed by atoms with van der Waals surface area (Å²) in [6, 6.07) is 9.76. The van der Waals surface area contributed by atoms with Gasteiger partial charge in [0.15, 0.2) is 11.6 Å². The lowest BCUT2D eigenvalue weighted by Gasteiger charge is -2.07. The van der Waals surface area contributed by atoms with Crippen molar-refractivity contribution in [3.63, 3.8) is 0 Å². The number of hydrogen-bond acceptors (Lipinski definition) is 1. The van der Waals surface area contributed by atoms with E-state index in [0.717, 1.165) is 12.1 Å². The molecule has 2 aromatic rings. The molecule has 0 atom stereocenters. The lowest BCUT2D eigenvalue weighted by Crippen LogP contribution is -1.89. The maximum Gasteiger partial charge on any atom is 0.168 e. The van der Waals surface area contributed by atoms with E-state index in [4.69, 9.17) is 16.3 Å². The molecule has 2 rings (SSSR count). The van der Waals surface area contributed by atoms with E-state index in [1.54, 1.807) is 24.3 Å². The van der Waals surface area contributed by atoms with E-state index in [9.17, 15) is 8.78 Å². The van der Waals surface area contributed by atoms with Gasteiger partial charge in [0.2, 0.25) is 0 Å². The molecule has 0 aromatic heterocycles. The average Bonchev–Trinajstić information content (AvgIpc) is 2.25. The maximum absolute atomic E-state index is 13.3. The Labute approximate surface area is 96.2 Å². The molecule has 0 aliphatic carbocycles. The highest BCUT2D eigenvalue weighted by atomic mass is 35.5. The normalized spacial score (nSPS) is 10.2. The van der Waals surface area contributed by atoms with E-state index in [-0.39, 0.29) is 5.75 Å². The Morgan fingerprint density at radius 2 is 1.69 bits per heavy atom. The molecule has 82 valence electrons. The van der Waals surface area contributed by atoms with Crippen molar-refractivity contribution in [2.24, 2.45) is 0 Å². The van der Waals surface area contributed by atoms with Gasteiger partial charge in [-0.3, -0.25) is 0 Å². The Morgan fingerprint density at radius 3 is 2.38 bits per heavy atom. The highest BCUT2D eigenvalue weighted by molar-refractivity contribution is 6.32. The van der Waals surface area contributed by atoms with Crippen molar-refractivity contribution in [1.29, 1.82) is 0 Å². The molecular weight excluding hydrogens is 234 g/mol. The number of benzene rings is 2. The Balaban J connectivity index is 2.31. The molecule has 0 heterocycles. The van der Waals surface area contributed by atoms with E-state index in [2.05, 4.69) is 0 Å². The van der Waals surface area contributed by atoms with Crippen molar-refractivity contribution in [1.82, 2.24) is 0 Å². The van der Waals surface area contributed by atoms with Gasteiger partial charge < -0.3 is 4.74 Å². The predicted octanol–water partition coefficient (Wildman–Crippen LogP) is 4.41. The van der Waals surface area contributed by atoms with Crippen LogP contribution in [-0.4, -0.2) is 0 Å². The van der Waals surface area contributed by atoms with Crippen molar-refractivity contribution in [2.75, 3.05) is 0 Å². The largest absolute Gasteiger partial charge is 0.453 e. The Bertz CT molecular complexity index is 514. The quantitative estimate of drug-likeness (QED) is 0.756. The third kappa shape index (κ3) is 2.31. The fourth-order valence-corrected chi connectivity index (χ4v) is 1.38. The third-order valence-corrected chi connectivity index (χ3v) is 2.26. The fraction of sp³-hybridized carbons (Fsp3) is 0. The first-order chi connectivity index (χ1) is 7.66. The summed E-state index contributed by atoms with van der Waals surface area (Å²) < 4.78 is 31.1. The van der Waals surface area contributed by atoms with Crippen LogP contribution in [0.4, 0.5) is 8.78 Å². The number of para-hydroxylation sites is 1. The van der Waals surface area contributed by atoms with Gasteiger partial charge in [0.05, 0.1) is 5.02 Å². The van der Waals surface area contributed by atoms with E-state index in [0.29, 0.717) is 10.8 Å². The summed E-state index contributed by atoms with van der Waals surface area (Å²) in [5, 5.41) is 0.367. The van der Waals surface area contributed by atoms with Crippen LogP contribution in [0, 0.1) is 11.6 Å². The molecular formula is C12H7ClF2O. The smallest absolute Gasteiger partial charge is 0.168 e. The highest BCUT2D eigenvalue weighted by Crippen LogP contribution is 2.30. The van der Waals surface area contributed by atoms with Crippen molar-refractivity contribution in [3.8, 4) is 11.5 Å². The van der Waals surface area contributed by atoms with Crippen molar-refractivity contribution >= 4 is 11.6 Å². The first-order valence-corrected chi connectivity index (χ1v) is 4.92. The van der Waals surface area contributed by atoms with E-state index < -0.39 is 11.6 Å². The molecule has 0 spiro atoms. The average molecular weight is 241 g/mol. The summed E-state index contributed by atoms with van der Waals surface area (Å²) in [6.07, 6.45) is 0. The Morgan fingerprint density at radius 1 is 0.938 bits per heavy atom. The highest BCUT2D eigenvalue weighted by Gasteiger charge is 2.07. The van der Waals surface area contributed by atoms with Crippen LogP contribution < -0.4 is 4.74 Å². The molecule has 4 heteroatoms. The molecule has 0 aliphatic rings. The summed E-state index contributed by atoms with van der Waals surface area (Å²) in [5.41, 5.74) is 0. The zero-order chi connectivity index (χ0) is 11.5. The van der Waals surface area contributed by atoms with Crippen LogP contribution >= 0.6 is 11.6 Å². The summed E-state index contributed by atoms with van der Waals surface area (Å²) in [7, 11) is 0. The number of rotatable bonds is 2. The number of hydrogen-bond donors (Lipinski definition) is 0. The summed E-state index contributed by atoms with van der Waals surface area (Å²) in [5.74, 6) is -1.15. The van der Waals surface area contributed by atoms with Gasteiger partial charge in [-0.2, -0.15) is 0 Å². The molecule has 0 aliphatic heterocycles. The minimum Gasteiger partial charge on any atom is -0.453 e. The third-order valence-electron chi connectivity index (χ3n) is 1.95. The minimum absolute atomic E-state index is 0.0606. The molecule has 16 heavy (non-hydrogen) atoms. The molecule has 1 nitrogen and oxygen atoms in total. The van der Waals surface area contributed by atoms with Crippen molar-refractivity contribution in [2.45, 2.75) is 0 Å². The molecule has 0 amide bonds. The second kappa shape index (κ2) is 4.49. The van der Waals surface area contributed by atoms with Crippen LogP contribution in [0.2, 0.25) is 5.02 Å².